The molecule has 0 amide bonds. The van der Waals surface area contributed by atoms with Crippen LogP contribution in [0.15, 0.2) is 66.7 Å². The van der Waals surface area contributed by atoms with Gasteiger partial charge in [0, 0.05) is 5.56 Å². The number of nitrogens with zero attached hydrogens (tertiary/aromatic N) is 1. The van der Waals surface area contributed by atoms with Gasteiger partial charge in [-0.1, -0.05) is 48.5 Å². The summed E-state index contributed by atoms with van der Waals surface area (Å²) in [5.74, 6) is 1.01. The first-order valence-corrected chi connectivity index (χ1v) is 9.61. The average Bonchev–Trinajstić information content (AvgIpc) is 2.69. The molecule has 1 saturated heterocycles. The molecule has 1 aliphatic heterocycles. The number of benzene rings is 3. The minimum absolute atomic E-state index is 0.712. The maximum atomic E-state index is 5.81. The number of quaternary nitrogens is 1. The summed E-state index contributed by atoms with van der Waals surface area (Å²) in [4.78, 5) is 4.12. The van der Waals surface area contributed by atoms with Crippen LogP contribution >= 0.6 is 0 Å². The van der Waals surface area contributed by atoms with Crippen LogP contribution in [-0.4, -0.2) is 32.8 Å². The third-order valence-corrected chi connectivity index (χ3v) is 5.24. The number of rotatable bonds is 5. The Hall–Kier alpha value is -2.52. The molecule has 1 fully saturated rings. The van der Waals surface area contributed by atoms with Crippen molar-refractivity contribution >= 4 is 16.5 Å². The second-order valence-electron chi connectivity index (χ2n) is 7.00. The van der Waals surface area contributed by atoms with Crippen molar-refractivity contribution in [2.24, 2.45) is 0 Å². The molecule has 1 heterocycles. The largest absolute Gasteiger partial charge is 0.492 e. The second kappa shape index (κ2) is 7.79. The molecule has 0 bridgehead atoms. The fourth-order valence-electron chi connectivity index (χ4n) is 3.87. The molecule has 0 aliphatic carbocycles. The Morgan fingerprint density at radius 1 is 0.885 bits per heavy atom. The zero-order chi connectivity index (χ0) is 17.8. The van der Waals surface area contributed by atoms with E-state index in [-0.39, 0.29) is 0 Å². The van der Waals surface area contributed by atoms with Gasteiger partial charge in [-0.25, -0.2) is 0 Å². The quantitative estimate of drug-likeness (QED) is 0.764. The van der Waals surface area contributed by atoms with Crippen LogP contribution < -0.4 is 14.5 Å². The fraction of sp³-hybridized carbons (Fsp3) is 0.304. The van der Waals surface area contributed by atoms with Gasteiger partial charge >= 0.3 is 0 Å². The normalized spacial score (nSPS) is 15.3. The zero-order valence-electron chi connectivity index (χ0n) is 15.4. The Kier molecular flexibility index (Phi) is 5.07. The lowest BCUT2D eigenvalue weighted by Crippen LogP contribution is -3.13. The predicted octanol–water partition coefficient (Wildman–Crippen LogP) is 3.14. The lowest BCUT2D eigenvalue weighted by Gasteiger charge is -2.34. The molecule has 1 N–H and O–H groups in total. The van der Waals surface area contributed by atoms with Crippen molar-refractivity contribution in [1.82, 2.24) is 0 Å². The summed E-state index contributed by atoms with van der Waals surface area (Å²) in [5, 5.41) is 2.66. The van der Waals surface area contributed by atoms with Gasteiger partial charge in [-0.2, -0.15) is 0 Å². The molecule has 0 radical (unpaired) electrons. The van der Waals surface area contributed by atoms with Gasteiger partial charge in [-0.15, -0.1) is 0 Å². The Morgan fingerprint density at radius 3 is 2.42 bits per heavy atom. The molecular weight excluding hydrogens is 320 g/mol. The standard InChI is InChI=1S/C23H26N2O/c1-2-26-23-10-6-5-9-22(23)25-15-13-24(14-16-25)18-19-11-12-20-7-3-4-8-21(20)17-19/h3-12,17H,2,13-16,18H2,1H3/p+1. The van der Waals surface area contributed by atoms with E-state index < -0.39 is 0 Å². The molecule has 0 atom stereocenters. The van der Waals surface area contributed by atoms with Gasteiger partial charge < -0.3 is 14.5 Å². The van der Waals surface area contributed by atoms with E-state index in [1.807, 2.05) is 6.92 Å². The summed E-state index contributed by atoms with van der Waals surface area (Å²) in [6.07, 6.45) is 0. The van der Waals surface area contributed by atoms with Crippen molar-refractivity contribution < 1.29 is 9.64 Å². The smallest absolute Gasteiger partial charge is 0.142 e. The molecule has 134 valence electrons. The topological polar surface area (TPSA) is 16.9 Å². The maximum absolute atomic E-state index is 5.81. The van der Waals surface area contributed by atoms with E-state index in [0.717, 1.165) is 38.5 Å². The van der Waals surface area contributed by atoms with Crippen molar-refractivity contribution in [1.29, 1.82) is 0 Å². The molecule has 26 heavy (non-hydrogen) atoms. The Labute approximate surface area is 155 Å². The van der Waals surface area contributed by atoms with Crippen LogP contribution in [0, 0.1) is 0 Å². The molecule has 0 saturated carbocycles. The van der Waals surface area contributed by atoms with Crippen LogP contribution in [0.3, 0.4) is 0 Å². The van der Waals surface area contributed by atoms with Crippen molar-refractivity contribution in [2.75, 3.05) is 37.7 Å². The third kappa shape index (κ3) is 3.68. The monoisotopic (exact) mass is 347 g/mol. The number of nitrogens with one attached hydrogen (secondary N) is 1. The third-order valence-electron chi connectivity index (χ3n) is 5.24. The molecule has 3 nitrogen and oxygen atoms in total. The highest BCUT2D eigenvalue weighted by molar-refractivity contribution is 5.82. The van der Waals surface area contributed by atoms with Crippen molar-refractivity contribution in [3.63, 3.8) is 0 Å². The highest BCUT2D eigenvalue weighted by Gasteiger charge is 2.22. The van der Waals surface area contributed by atoms with E-state index in [2.05, 4.69) is 71.6 Å². The van der Waals surface area contributed by atoms with E-state index in [9.17, 15) is 0 Å². The Morgan fingerprint density at radius 2 is 1.62 bits per heavy atom. The Balaban J connectivity index is 1.40. The highest BCUT2D eigenvalue weighted by Crippen LogP contribution is 2.27. The van der Waals surface area contributed by atoms with Crippen molar-refractivity contribution in [3.05, 3.63) is 72.3 Å². The molecule has 0 unspecified atom stereocenters. The lowest BCUT2D eigenvalue weighted by atomic mass is 10.1. The van der Waals surface area contributed by atoms with Gasteiger partial charge in [-0.3, -0.25) is 0 Å². The van der Waals surface area contributed by atoms with Crippen LogP contribution in [-0.2, 0) is 6.54 Å². The van der Waals surface area contributed by atoms with Crippen LogP contribution in [0.5, 0.6) is 5.75 Å². The van der Waals surface area contributed by atoms with Gasteiger partial charge in [0.25, 0.3) is 0 Å². The molecule has 3 aromatic rings. The molecule has 3 aromatic carbocycles. The predicted molar refractivity (Wildman–Crippen MR) is 108 cm³/mol. The zero-order valence-corrected chi connectivity index (χ0v) is 15.4. The van der Waals surface area contributed by atoms with Gasteiger partial charge in [0.2, 0.25) is 0 Å². The molecular formula is C23H27N2O+. The minimum Gasteiger partial charge on any atom is -0.492 e. The number of hydrogen-bond donors (Lipinski definition) is 1. The minimum atomic E-state index is 0.712. The first-order chi connectivity index (χ1) is 12.8. The van der Waals surface area contributed by atoms with Crippen molar-refractivity contribution in [2.45, 2.75) is 13.5 Å². The number of anilines is 1. The first-order valence-electron chi connectivity index (χ1n) is 9.61. The van der Waals surface area contributed by atoms with E-state index in [0.29, 0.717) is 6.61 Å². The molecule has 3 heteroatoms. The first kappa shape index (κ1) is 16.9. The summed E-state index contributed by atoms with van der Waals surface area (Å²) < 4.78 is 5.81. The molecule has 4 rings (SSSR count). The summed E-state index contributed by atoms with van der Waals surface area (Å²) in [7, 11) is 0. The molecule has 0 spiro atoms. The molecule has 1 aliphatic rings. The van der Waals surface area contributed by atoms with E-state index in [4.69, 9.17) is 4.74 Å². The van der Waals surface area contributed by atoms with Gasteiger partial charge in [0.15, 0.2) is 0 Å². The van der Waals surface area contributed by atoms with Crippen molar-refractivity contribution in [3.8, 4) is 5.75 Å². The highest BCUT2D eigenvalue weighted by atomic mass is 16.5. The number of piperazine rings is 1. The SMILES string of the molecule is CCOc1ccccc1N1CC[NH+](Cc2ccc3ccccc3c2)CC1. The summed E-state index contributed by atoms with van der Waals surface area (Å²) >= 11 is 0. The van der Waals surface area contributed by atoms with E-state index >= 15 is 0 Å². The fourth-order valence-corrected chi connectivity index (χ4v) is 3.87. The van der Waals surface area contributed by atoms with E-state index in [1.54, 1.807) is 4.90 Å². The summed E-state index contributed by atoms with van der Waals surface area (Å²) in [6.45, 7) is 8.33. The molecule has 0 aromatic heterocycles. The lowest BCUT2D eigenvalue weighted by molar-refractivity contribution is -0.914. The van der Waals surface area contributed by atoms with Gasteiger partial charge in [-0.05, 0) is 35.9 Å². The number of para-hydroxylation sites is 2. The second-order valence-corrected chi connectivity index (χ2v) is 7.00. The van der Waals surface area contributed by atoms with E-state index in [1.165, 1.54) is 22.0 Å². The van der Waals surface area contributed by atoms with Crippen LogP contribution in [0.25, 0.3) is 10.8 Å². The number of hydrogen-bond acceptors (Lipinski definition) is 2. The van der Waals surface area contributed by atoms with Gasteiger partial charge in [0.05, 0.1) is 38.5 Å². The van der Waals surface area contributed by atoms with Crippen LogP contribution in [0.4, 0.5) is 5.69 Å². The number of fused-ring (bicyclic) bond motifs is 1. The van der Waals surface area contributed by atoms with Crippen LogP contribution in [0.2, 0.25) is 0 Å². The average molecular weight is 347 g/mol. The summed E-state index contributed by atoms with van der Waals surface area (Å²) in [5.41, 5.74) is 2.67. The van der Waals surface area contributed by atoms with Gasteiger partial charge in [0.1, 0.15) is 12.3 Å². The maximum Gasteiger partial charge on any atom is 0.142 e. The van der Waals surface area contributed by atoms with Crippen LogP contribution in [0.1, 0.15) is 12.5 Å². The number of ether oxygens (including phenoxy) is 1. The Bertz CT molecular complexity index is 869. The summed E-state index contributed by atoms with van der Waals surface area (Å²) in [6, 6.07) is 23.9.